The molecule has 0 unspecified atom stereocenters. The van der Waals surface area contributed by atoms with E-state index < -0.39 is 0 Å². The lowest BCUT2D eigenvalue weighted by Gasteiger charge is -2.33. The van der Waals surface area contributed by atoms with Gasteiger partial charge < -0.3 is 15.5 Å². The smallest absolute Gasteiger partial charge is 0.237 e. The summed E-state index contributed by atoms with van der Waals surface area (Å²) in [6, 6.07) is 0. The number of carbonyl (C=O) groups is 2. The van der Waals surface area contributed by atoms with Crippen LogP contribution in [-0.2, 0) is 9.59 Å². The third-order valence-corrected chi connectivity index (χ3v) is 5.12. The van der Waals surface area contributed by atoms with Gasteiger partial charge in [0.25, 0.3) is 0 Å². The van der Waals surface area contributed by atoms with Gasteiger partial charge in [-0.2, -0.15) is 0 Å². The molecular formula is C10H14ClN5O2S2. The van der Waals surface area contributed by atoms with E-state index >= 15 is 0 Å². The van der Waals surface area contributed by atoms with Crippen LogP contribution in [-0.4, -0.2) is 64.7 Å². The van der Waals surface area contributed by atoms with Crippen molar-refractivity contribution in [3.8, 4) is 0 Å². The summed E-state index contributed by atoms with van der Waals surface area (Å²) in [7, 11) is 0. The van der Waals surface area contributed by atoms with Gasteiger partial charge in [0.05, 0.1) is 5.75 Å². The van der Waals surface area contributed by atoms with Crippen LogP contribution >= 0.6 is 34.7 Å². The first-order chi connectivity index (χ1) is 9.60. The first-order valence-electron chi connectivity index (χ1n) is 5.93. The van der Waals surface area contributed by atoms with Gasteiger partial charge in [0.15, 0.2) is 4.34 Å². The highest BCUT2D eigenvalue weighted by molar-refractivity contribution is 8.01. The maximum atomic E-state index is 11.5. The molecule has 1 aliphatic heterocycles. The van der Waals surface area contributed by atoms with Crippen LogP contribution in [0.3, 0.4) is 0 Å². The van der Waals surface area contributed by atoms with Gasteiger partial charge in [-0.3, -0.25) is 9.59 Å². The van der Waals surface area contributed by atoms with Crippen LogP contribution in [0.4, 0.5) is 5.13 Å². The molecule has 0 bridgehead atoms. The molecule has 0 saturated carbocycles. The zero-order chi connectivity index (χ0) is 14.5. The van der Waals surface area contributed by atoms with Crippen LogP contribution in [0, 0.1) is 0 Å². The molecule has 1 fully saturated rings. The van der Waals surface area contributed by atoms with Crippen LogP contribution in [0.2, 0.25) is 0 Å². The van der Waals surface area contributed by atoms with Crippen molar-refractivity contribution in [3.05, 3.63) is 0 Å². The number of hydrogen-bond donors (Lipinski definition) is 1. The Morgan fingerprint density at radius 1 is 1.30 bits per heavy atom. The zero-order valence-electron chi connectivity index (χ0n) is 10.6. The van der Waals surface area contributed by atoms with Crippen molar-refractivity contribution in [1.29, 1.82) is 0 Å². The van der Waals surface area contributed by atoms with Crippen molar-refractivity contribution in [1.82, 2.24) is 15.1 Å². The topological polar surface area (TPSA) is 92.4 Å². The van der Waals surface area contributed by atoms with Gasteiger partial charge in [0.1, 0.15) is 5.88 Å². The summed E-state index contributed by atoms with van der Waals surface area (Å²) >= 11 is 8.25. The quantitative estimate of drug-likeness (QED) is 0.601. The second kappa shape index (κ2) is 7.09. The summed E-state index contributed by atoms with van der Waals surface area (Å²) < 4.78 is 0.720. The van der Waals surface area contributed by atoms with Gasteiger partial charge in [-0.05, 0) is 0 Å². The highest BCUT2D eigenvalue weighted by atomic mass is 35.5. The van der Waals surface area contributed by atoms with Gasteiger partial charge in [0.2, 0.25) is 16.9 Å². The van der Waals surface area contributed by atoms with Gasteiger partial charge >= 0.3 is 0 Å². The number of anilines is 1. The molecule has 1 saturated heterocycles. The third kappa shape index (κ3) is 3.97. The summed E-state index contributed by atoms with van der Waals surface area (Å²) in [5, 5.41) is 8.91. The molecule has 0 radical (unpaired) electrons. The minimum absolute atomic E-state index is 0.0205. The lowest BCUT2D eigenvalue weighted by molar-refractivity contribution is -0.128. The number of aromatic nitrogens is 2. The van der Waals surface area contributed by atoms with E-state index in [0.29, 0.717) is 26.2 Å². The van der Waals surface area contributed by atoms with E-state index in [4.69, 9.17) is 17.3 Å². The predicted molar refractivity (Wildman–Crippen MR) is 79.3 cm³/mol. The molecule has 10 heteroatoms. The van der Waals surface area contributed by atoms with Crippen molar-refractivity contribution in [2.75, 3.05) is 42.7 Å². The molecule has 0 spiro atoms. The van der Waals surface area contributed by atoms with Crippen molar-refractivity contribution < 1.29 is 9.59 Å². The number of hydrogen-bond acceptors (Lipinski definition) is 7. The van der Waals surface area contributed by atoms with Crippen molar-refractivity contribution in [2.45, 2.75) is 4.34 Å². The Balaban J connectivity index is 1.87. The molecule has 2 heterocycles. The predicted octanol–water partition coefficient (Wildman–Crippen LogP) is 0.00290. The molecule has 2 amide bonds. The molecule has 1 aromatic rings. The molecule has 1 aliphatic rings. The summed E-state index contributed by atoms with van der Waals surface area (Å²) in [6.45, 7) is 2.68. The van der Waals surface area contributed by atoms with E-state index in [0.717, 1.165) is 9.47 Å². The molecule has 2 N–H and O–H groups in total. The first kappa shape index (κ1) is 15.3. The Bertz CT molecular complexity index is 490. The summed E-state index contributed by atoms with van der Waals surface area (Å²) in [5.74, 6) is -0.194. The van der Waals surface area contributed by atoms with Crippen LogP contribution in [0.1, 0.15) is 0 Å². The fourth-order valence-electron chi connectivity index (χ4n) is 1.75. The molecular weight excluding hydrogens is 322 g/mol. The number of piperazine rings is 1. The van der Waals surface area contributed by atoms with Crippen LogP contribution in [0.5, 0.6) is 0 Å². The maximum absolute atomic E-state index is 11.5. The van der Waals surface area contributed by atoms with Crippen molar-refractivity contribution in [2.24, 2.45) is 5.73 Å². The molecule has 0 atom stereocenters. The van der Waals surface area contributed by atoms with E-state index in [2.05, 4.69) is 15.1 Å². The van der Waals surface area contributed by atoms with Crippen molar-refractivity contribution >= 4 is 51.6 Å². The monoisotopic (exact) mass is 335 g/mol. The van der Waals surface area contributed by atoms with Crippen LogP contribution < -0.4 is 10.6 Å². The molecule has 1 aromatic heterocycles. The average Bonchev–Trinajstić information content (AvgIpc) is 2.93. The zero-order valence-corrected chi connectivity index (χ0v) is 13.0. The number of thioether (sulfide) groups is 1. The number of nitrogens with two attached hydrogens (primary N) is 1. The van der Waals surface area contributed by atoms with E-state index in [-0.39, 0.29) is 23.4 Å². The standard InChI is InChI=1S/C10H14ClN5O2S2/c11-5-8(18)15-1-3-16(4-2-15)9-13-14-10(20-9)19-6-7(12)17/h1-6H2,(H2,12,17). The fraction of sp³-hybridized carbons (Fsp3) is 0.600. The number of nitrogens with zero attached hydrogens (tertiary/aromatic N) is 4. The highest BCUT2D eigenvalue weighted by Crippen LogP contribution is 2.28. The van der Waals surface area contributed by atoms with Gasteiger partial charge in [-0.1, -0.05) is 23.1 Å². The average molecular weight is 336 g/mol. The Morgan fingerprint density at radius 3 is 2.60 bits per heavy atom. The molecule has 7 nitrogen and oxygen atoms in total. The summed E-state index contributed by atoms with van der Waals surface area (Å²) in [5.41, 5.74) is 5.08. The Kier molecular flexibility index (Phi) is 5.44. The summed E-state index contributed by atoms with van der Waals surface area (Å²) in [4.78, 5) is 26.0. The lowest BCUT2D eigenvalue weighted by atomic mass is 10.3. The fourth-order valence-corrected chi connectivity index (χ4v) is 3.55. The van der Waals surface area contributed by atoms with E-state index in [1.807, 2.05) is 0 Å². The van der Waals surface area contributed by atoms with Crippen molar-refractivity contribution in [3.63, 3.8) is 0 Å². The largest absolute Gasteiger partial charge is 0.369 e. The number of alkyl halides is 1. The van der Waals surface area contributed by atoms with Gasteiger partial charge in [-0.25, -0.2) is 0 Å². The van der Waals surface area contributed by atoms with E-state index in [1.54, 1.807) is 4.90 Å². The normalized spacial score (nSPS) is 15.4. The Morgan fingerprint density at radius 2 is 2.00 bits per heavy atom. The highest BCUT2D eigenvalue weighted by Gasteiger charge is 2.22. The second-order valence-corrected chi connectivity index (χ2v) is 6.55. The molecule has 0 aromatic carbocycles. The SMILES string of the molecule is NC(=O)CSc1nnc(N2CCN(C(=O)CCl)CC2)s1. The number of amides is 2. The summed E-state index contributed by atoms with van der Waals surface area (Å²) in [6.07, 6.45) is 0. The van der Waals surface area contributed by atoms with Gasteiger partial charge in [0, 0.05) is 26.2 Å². The van der Waals surface area contributed by atoms with E-state index in [1.165, 1.54) is 23.1 Å². The van der Waals surface area contributed by atoms with Crippen LogP contribution in [0.15, 0.2) is 4.34 Å². The van der Waals surface area contributed by atoms with Gasteiger partial charge in [-0.15, -0.1) is 21.8 Å². The van der Waals surface area contributed by atoms with E-state index in [9.17, 15) is 9.59 Å². The second-order valence-electron chi connectivity index (χ2n) is 4.11. The Hall–Kier alpha value is -1.06. The number of carbonyl (C=O) groups excluding carboxylic acids is 2. The minimum atomic E-state index is -0.375. The number of rotatable bonds is 5. The number of primary amides is 1. The number of halogens is 1. The third-order valence-electron chi connectivity index (χ3n) is 2.75. The minimum Gasteiger partial charge on any atom is -0.369 e. The maximum Gasteiger partial charge on any atom is 0.237 e. The molecule has 110 valence electrons. The molecule has 20 heavy (non-hydrogen) atoms. The first-order valence-corrected chi connectivity index (χ1v) is 8.27. The Labute approximate surface area is 129 Å². The molecule has 0 aliphatic carbocycles. The lowest BCUT2D eigenvalue weighted by Crippen LogP contribution is -2.49. The molecule has 2 rings (SSSR count). The van der Waals surface area contributed by atoms with Crippen LogP contribution in [0.25, 0.3) is 0 Å².